The highest BCUT2D eigenvalue weighted by Gasteiger charge is 2.30. The third kappa shape index (κ3) is 68.0. The third-order valence-electron chi connectivity index (χ3n) is 14.9. The summed E-state index contributed by atoms with van der Waals surface area (Å²) in [5, 5.41) is 10.6. The number of allylic oxidation sites excluding steroid dienone is 19. The quantitative estimate of drug-likeness (QED) is 0.0169. The van der Waals surface area contributed by atoms with Crippen LogP contribution < -0.4 is 0 Å². The zero-order valence-corrected chi connectivity index (χ0v) is 61.5. The van der Waals surface area contributed by atoms with E-state index in [2.05, 4.69) is 125 Å². The molecule has 0 radical (unpaired) electrons. The number of hydrogen-bond acceptors (Lipinski definition) is 15. The Hall–Kier alpha value is -4.54. The molecule has 5 unspecified atom stereocenters. The maximum Gasteiger partial charge on any atom is 0.472 e. The second kappa shape index (κ2) is 69.0. The van der Waals surface area contributed by atoms with E-state index in [0.717, 1.165) is 161 Å². The Kier molecular flexibility index (Phi) is 65.7. The first-order valence-corrected chi connectivity index (χ1v) is 39.8. The number of aliphatic hydroxyl groups excluding tert-OH is 1. The van der Waals surface area contributed by atoms with Gasteiger partial charge in [-0.2, -0.15) is 0 Å². The van der Waals surface area contributed by atoms with E-state index >= 15 is 0 Å². The van der Waals surface area contributed by atoms with Gasteiger partial charge in [0.1, 0.15) is 19.3 Å². The lowest BCUT2D eigenvalue weighted by molar-refractivity contribution is -0.161. The predicted octanol–water partition coefficient (Wildman–Crippen LogP) is 20.8. The Morgan fingerprint density at radius 3 is 1.00 bits per heavy atom. The summed E-state index contributed by atoms with van der Waals surface area (Å²) in [6.45, 7) is 4.48. The van der Waals surface area contributed by atoms with Gasteiger partial charge in [-0.1, -0.05) is 246 Å². The molecule has 550 valence electrons. The van der Waals surface area contributed by atoms with Crippen LogP contribution in [0, 0.1) is 0 Å². The van der Waals surface area contributed by atoms with Crippen LogP contribution >= 0.6 is 15.6 Å². The lowest BCUT2D eigenvalue weighted by Crippen LogP contribution is -2.30. The fourth-order valence-electron chi connectivity index (χ4n) is 9.30. The smallest absolute Gasteiger partial charge is 0.462 e. The minimum Gasteiger partial charge on any atom is -0.462 e. The van der Waals surface area contributed by atoms with Gasteiger partial charge in [-0.15, -0.1) is 0 Å². The molecule has 0 spiro atoms. The molecule has 0 aromatic heterocycles. The molecular weight excluding hydrogens is 1260 g/mol. The van der Waals surface area contributed by atoms with Crippen molar-refractivity contribution in [3.05, 3.63) is 122 Å². The summed E-state index contributed by atoms with van der Waals surface area (Å²) in [5.74, 6) is -2.37. The standard InChI is InChI=1S/C77H130O17P2/c1-5-9-13-17-21-25-29-33-35-39-41-45-49-53-57-61-74(79)87-67-72(93-76(81)63-59-55-51-47-43-37-31-27-23-19-15-11-7-3)69-91-95(83,84)89-65-71(78)66-90-96(85,86)92-70-73(94-77(82)64-60-56-52-48-44-38-32-28-24-20-16-12-8-4)68-88-75(80)62-58-54-50-46-42-40-36-34-30-26-22-18-14-10-6-2/h9,13,16,20-22,25-28,31-36,41,45,53,57,71-73,78H,5-8,10-12,14-15,17-19,23-24,29-30,37-40,42-44,46-52,54-56,58-70H2,1-4H3,(H,83,84)(H,85,86)/b13-9-,20-16-,25-21-,26-22-,31-27-,32-28-,35-33-,36-34-,45-41-,57-53-. The summed E-state index contributed by atoms with van der Waals surface area (Å²) in [6.07, 6.45) is 73.7. The Labute approximate surface area is 581 Å². The van der Waals surface area contributed by atoms with Gasteiger partial charge in [-0.3, -0.25) is 37.3 Å². The van der Waals surface area contributed by atoms with Crippen molar-refractivity contribution in [1.29, 1.82) is 0 Å². The highest BCUT2D eigenvalue weighted by molar-refractivity contribution is 7.47. The van der Waals surface area contributed by atoms with Crippen LogP contribution in [0.3, 0.4) is 0 Å². The van der Waals surface area contributed by atoms with Crippen molar-refractivity contribution >= 4 is 39.5 Å². The second-order valence-electron chi connectivity index (χ2n) is 24.2. The van der Waals surface area contributed by atoms with E-state index in [-0.39, 0.29) is 25.7 Å². The maximum absolute atomic E-state index is 13.0. The Balaban J connectivity index is 5.43. The van der Waals surface area contributed by atoms with Crippen LogP contribution in [0.25, 0.3) is 0 Å². The highest BCUT2D eigenvalue weighted by Crippen LogP contribution is 2.45. The normalized spacial score (nSPS) is 14.7. The van der Waals surface area contributed by atoms with Crippen molar-refractivity contribution in [2.45, 2.75) is 303 Å². The van der Waals surface area contributed by atoms with Gasteiger partial charge >= 0.3 is 39.5 Å². The van der Waals surface area contributed by atoms with E-state index in [1.807, 2.05) is 18.2 Å². The molecule has 3 N–H and O–H groups in total. The molecule has 5 atom stereocenters. The van der Waals surface area contributed by atoms with Crippen LogP contribution in [0.5, 0.6) is 0 Å². The van der Waals surface area contributed by atoms with Gasteiger partial charge in [0.15, 0.2) is 12.2 Å². The molecule has 0 aromatic rings. The number of carbonyl (C=O) groups is 4. The summed E-state index contributed by atoms with van der Waals surface area (Å²) in [5.41, 5.74) is 0. The molecule has 0 saturated carbocycles. The Morgan fingerprint density at radius 2 is 0.604 bits per heavy atom. The molecule has 0 aliphatic carbocycles. The molecule has 0 saturated heterocycles. The Morgan fingerprint density at radius 1 is 0.312 bits per heavy atom. The van der Waals surface area contributed by atoms with E-state index in [1.54, 1.807) is 6.08 Å². The number of esters is 4. The molecule has 0 fully saturated rings. The van der Waals surface area contributed by atoms with Gasteiger partial charge < -0.3 is 33.8 Å². The van der Waals surface area contributed by atoms with Crippen LogP contribution in [-0.4, -0.2) is 96.7 Å². The van der Waals surface area contributed by atoms with Crippen LogP contribution in [0.4, 0.5) is 0 Å². The number of phosphoric ester groups is 2. The van der Waals surface area contributed by atoms with Crippen molar-refractivity contribution in [3.8, 4) is 0 Å². The number of rotatable bonds is 68. The van der Waals surface area contributed by atoms with E-state index in [4.69, 9.17) is 37.0 Å². The van der Waals surface area contributed by atoms with Crippen LogP contribution in [0.15, 0.2) is 122 Å². The maximum atomic E-state index is 13.0. The number of aliphatic hydroxyl groups is 1. The third-order valence-corrected chi connectivity index (χ3v) is 16.8. The number of phosphoric acid groups is 2. The van der Waals surface area contributed by atoms with Gasteiger partial charge in [0.2, 0.25) is 0 Å². The average molecular weight is 1390 g/mol. The largest absolute Gasteiger partial charge is 0.472 e. The zero-order valence-electron chi connectivity index (χ0n) is 59.8. The summed E-state index contributed by atoms with van der Waals surface area (Å²) in [6, 6.07) is 0. The Bertz CT molecular complexity index is 2300. The van der Waals surface area contributed by atoms with Crippen LogP contribution in [0.1, 0.15) is 285 Å². The lowest BCUT2D eigenvalue weighted by Gasteiger charge is -2.21. The van der Waals surface area contributed by atoms with Gasteiger partial charge in [0, 0.05) is 19.3 Å². The van der Waals surface area contributed by atoms with Gasteiger partial charge in [-0.05, 0) is 135 Å². The molecule has 0 heterocycles. The SMILES string of the molecule is CC/C=C\C/C=C\C/C=C\C/C=C\C/C=C\CC(=O)OCC(COP(=O)(O)OCC(O)COP(=O)(O)OCC(COC(=O)CCCCCCC/C=C\C/C=C\CCCCC)OC(=O)CCCCCCC/C=C\C/C=C\CCC)OC(=O)CCCCCCC/C=C\CCCCCC. The van der Waals surface area contributed by atoms with Gasteiger partial charge in [0.05, 0.1) is 32.8 Å². The van der Waals surface area contributed by atoms with E-state index in [1.165, 1.54) is 44.9 Å². The molecule has 0 aliphatic heterocycles. The molecule has 0 amide bonds. The summed E-state index contributed by atoms with van der Waals surface area (Å²) >= 11 is 0. The number of ether oxygens (including phenoxy) is 4. The molecule has 19 heteroatoms. The first kappa shape index (κ1) is 91.5. The minimum absolute atomic E-state index is 0.0629. The molecule has 0 rings (SSSR count). The molecule has 0 bridgehead atoms. The first-order chi connectivity index (χ1) is 46.7. The molecule has 17 nitrogen and oxygen atoms in total. The van der Waals surface area contributed by atoms with Crippen molar-refractivity contribution in [2.75, 3.05) is 39.6 Å². The summed E-state index contributed by atoms with van der Waals surface area (Å²) in [4.78, 5) is 72.6. The van der Waals surface area contributed by atoms with Crippen LogP contribution in [0.2, 0.25) is 0 Å². The van der Waals surface area contributed by atoms with Crippen molar-refractivity contribution in [2.24, 2.45) is 0 Å². The van der Waals surface area contributed by atoms with Crippen LogP contribution in [-0.2, 0) is 65.4 Å². The zero-order chi connectivity index (χ0) is 70.4. The minimum atomic E-state index is -4.99. The number of carbonyl (C=O) groups excluding carboxylic acids is 4. The second-order valence-corrected chi connectivity index (χ2v) is 27.1. The van der Waals surface area contributed by atoms with E-state index < -0.39 is 97.5 Å². The molecule has 0 aromatic carbocycles. The molecule has 96 heavy (non-hydrogen) atoms. The van der Waals surface area contributed by atoms with Crippen molar-refractivity contribution in [1.82, 2.24) is 0 Å². The number of hydrogen-bond donors (Lipinski definition) is 3. The fraction of sp³-hybridized carbons (Fsp3) is 0.688. The van der Waals surface area contributed by atoms with Crippen molar-refractivity contribution < 1.29 is 80.2 Å². The highest BCUT2D eigenvalue weighted by atomic mass is 31.2. The van der Waals surface area contributed by atoms with Crippen molar-refractivity contribution in [3.63, 3.8) is 0 Å². The summed E-state index contributed by atoms with van der Waals surface area (Å²) in [7, 11) is -9.98. The topological polar surface area (TPSA) is 237 Å². The molecular formula is C77H130O17P2. The summed E-state index contributed by atoms with van der Waals surface area (Å²) < 4.78 is 68.2. The van der Waals surface area contributed by atoms with E-state index in [0.29, 0.717) is 25.7 Å². The predicted molar refractivity (Wildman–Crippen MR) is 390 cm³/mol. The average Bonchev–Trinajstić information content (AvgIpc) is 1.14. The fourth-order valence-corrected chi connectivity index (χ4v) is 10.9. The number of unbranched alkanes of at least 4 members (excludes halogenated alkanes) is 23. The van der Waals surface area contributed by atoms with E-state index in [9.17, 15) is 43.2 Å². The first-order valence-electron chi connectivity index (χ1n) is 36.8. The lowest BCUT2D eigenvalue weighted by atomic mass is 10.1. The van der Waals surface area contributed by atoms with Gasteiger partial charge in [-0.25, -0.2) is 9.13 Å². The van der Waals surface area contributed by atoms with Gasteiger partial charge in [0.25, 0.3) is 0 Å². The molecule has 0 aliphatic rings. The monoisotopic (exact) mass is 1390 g/mol.